The maximum absolute atomic E-state index is 12.6. The van der Waals surface area contributed by atoms with Crippen molar-refractivity contribution in [2.75, 3.05) is 32.7 Å². The number of unbranched alkanes of at least 4 members (excludes halogenated alkanes) is 1. The van der Waals surface area contributed by atoms with Crippen LogP contribution in [0.15, 0.2) is 16.5 Å². The van der Waals surface area contributed by atoms with E-state index in [2.05, 4.69) is 17.1 Å². The van der Waals surface area contributed by atoms with E-state index in [9.17, 15) is 22.8 Å². The van der Waals surface area contributed by atoms with Crippen molar-refractivity contribution < 1.29 is 37.1 Å². The Hall–Kier alpha value is -2.56. The van der Waals surface area contributed by atoms with Gasteiger partial charge in [0.05, 0.1) is 5.92 Å². The van der Waals surface area contributed by atoms with Crippen molar-refractivity contribution in [2.24, 2.45) is 11.8 Å². The molecule has 0 unspecified atom stereocenters. The summed E-state index contributed by atoms with van der Waals surface area (Å²) in [6.45, 7) is 8.41. The fourth-order valence-corrected chi connectivity index (χ4v) is 5.02. The molecule has 2 N–H and O–H groups in total. The Labute approximate surface area is 190 Å². The number of aryl methyl sites for hydroxylation is 1. The monoisotopic (exact) mass is 473 g/mol. The molecule has 4 rings (SSSR count). The van der Waals surface area contributed by atoms with E-state index in [1.807, 2.05) is 17.9 Å². The van der Waals surface area contributed by atoms with Crippen molar-refractivity contribution in [3.05, 3.63) is 23.7 Å². The van der Waals surface area contributed by atoms with E-state index in [-0.39, 0.29) is 23.3 Å². The van der Waals surface area contributed by atoms with Gasteiger partial charge in [0.2, 0.25) is 5.91 Å². The van der Waals surface area contributed by atoms with Crippen molar-refractivity contribution in [1.82, 2.24) is 15.1 Å². The molecular formula is C22H30F3N3O5. The van der Waals surface area contributed by atoms with Crippen molar-refractivity contribution >= 4 is 17.8 Å². The minimum absolute atomic E-state index is 0.0372. The third-order valence-corrected chi connectivity index (χ3v) is 6.78. The molecule has 0 aliphatic carbocycles. The van der Waals surface area contributed by atoms with Crippen LogP contribution in [0.25, 0.3) is 0 Å². The summed E-state index contributed by atoms with van der Waals surface area (Å²) in [6.07, 6.45) is -1.02. The first-order chi connectivity index (χ1) is 15.5. The smallest absolute Gasteiger partial charge is 0.475 e. The Balaban J connectivity index is 0.000000383. The van der Waals surface area contributed by atoms with Crippen LogP contribution in [-0.4, -0.2) is 77.1 Å². The number of halogens is 3. The van der Waals surface area contributed by atoms with Crippen molar-refractivity contribution in [3.8, 4) is 0 Å². The number of fused-ring (bicyclic) bond motifs is 2. The topological polar surface area (TPSA) is 103 Å². The summed E-state index contributed by atoms with van der Waals surface area (Å²) in [5.41, 5.74) is -0.126. The quantitative estimate of drug-likeness (QED) is 0.697. The molecule has 3 fully saturated rings. The van der Waals surface area contributed by atoms with Crippen molar-refractivity contribution in [1.29, 1.82) is 0 Å². The number of piperidine rings is 1. The summed E-state index contributed by atoms with van der Waals surface area (Å²) in [4.78, 5) is 38.4. The first-order valence-electron chi connectivity index (χ1n) is 11.2. The first-order valence-corrected chi connectivity index (χ1v) is 11.2. The van der Waals surface area contributed by atoms with Crippen molar-refractivity contribution in [2.45, 2.75) is 51.2 Å². The first kappa shape index (κ1) is 25.1. The van der Waals surface area contributed by atoms with E-state index in [0.29, 0.717) is 24.8 Å². The molecule has 3 aliphatic heterocycles. The number of alkyl halides is 3. The second-order valence-corrected chi connectivity index (χ2v) is 8.98. The number of likely N-dealkylation sites (tertiary alicyclic amines) is 2. The number of carbonyl (C=O) groups excluding carboxylic acids is 2. The molecule has 1 spiro atoms. The second-order valence-electron chi connectivity index (χ2n) is 8.98. The highest BCUT2D eigenvalue weighted by Gasteiger charge is 2.57. The zero-order chi connectivity index (χ0) is 24.4. The summed E-state index contributed by atoms with van der Waals surface area (Å²) in [6, 6.07) is 3.57. The van der Waals surface area contributed by atoms with Gasteiger partial charge in [-0.2, -0.15) is 13.2 Å². The molecule has 0 aromatic carbocycles. The minimum atomic E-state index is -5.08. The molecule has 0 saturated carbocycles. The predicted octanol–water partition coefficient (Wildman–Crippen LogP) is 2.67. The van der Waals surface area contributed by atoms with E-state index in [4.69, 9.17) is 14.3 Å². The summed E-state index contributed by atoms with van der Waals surface area (Å²) in [5.74, 6) is -0.895. The van der Waals surface area contributed by atoms with Crippen LogP contribution >= 0.6 is 0 Å². The standard InChI is InChI=1S/C20H29N3O3.C2HF3O2/c1-3-4-9-22-12-15-16(13-22)20(21-18(15)24)7-10-23(11-8-20)19(25)17-6-5-14(2)26-17;3-2(4,5)1(6)7/h5-6,15-16H,3-4,7-13H2,1-2H3,(H,21,24);(H,6,7)/t15-,16+;/m1./s1. The predicted molar refractivity (Wildman–Crippen MR) is 111 cm³/mol. The molecule has 11 heteroatoms. The molecule has 2 atom stereocenters. The van der Waals surface area contributed by atoms with Crippen LogP contribution in [0.4, 0.5) is 13.2 Å². The van der Waals surface area contributed by atoms with Crippen LogP contribution in [0.1, 0.15) is 48.9 Å². The lowest BCUT2D eigenvalue weighted by Gasteiger charge is -2.42. The van der Waals surface area contributed by atoms with Crippen LogP contribution in [0, 0.1) is 18.8 Å². The Morgan fingerprint density at radius 3 is 2.39 bits per heavy atom. The number of hydrogen-bond donors (Lipinski definition) is 2. The lowest BCUT2D eigenvalue weighted by atomic mass is 9.75. The van der Waals surface area contributed by atoms with Gasteiger partial charge in [0, 0.05) is 37.6 Å². The summed E-state index contributed by atoms with van der Waals surface area (Å²) in [7, 11) is 0. The van der Waals surface area contributed by atoms with Crippen molar-refractivity contribution in [3.63, 3.8) is 0 Å². The zero-order valence-electron chi connectivity index (χ0n) is 18.8. The zero-order valence-corrected chi connectivity index (χ0v) is 18.8. The average molecular weight is 473 g/mol. The van der Waals surface area contributed by atoms with E-state index in [1.54, 1.807) is 6.07 Å². The molecule has 1 aromatic rings. The molecule has 184 valence electrons. The summed E-state index contributed by atoms with van der Waals surface area (Å²) in [5, 5.41) is 10.4. The van der Waals surface area contributed by atoms with E-state index in [0.717, 1.165) is 38.2 Å². The van der Waals surface area contributed by atoms with Gasteiger partial charge >= 0.3 is 12.1 Å². The largest absolute Gasteiger partial charge is 0.490 e. The van der Waals surface area contributed by atoms with Gasteiger partial charge in [-0.15, -0.1) is 0 Å². The molecular weight excluding hydrogens is 443 g/mol. The number of furan rings is 1. The Kier molecular flexibility index (Phi) is 7.40. The third kappa shape index (κ3) is 5.51. The lowest BCUT2D eigenvalue weighted by molar-refractivity contribution is -0.192. The third-order valence-electron chi connectivity index (χ3n) is 6.78. The second kappa shape index (κ2) is 9.74. The van der Waals surface area contributed by atoms with Crippen LogP contribution < -0.4 is 5.32 Å². The van der Waals surface area contributed by atoms with Gasteiger partial charge in [0.15, 0.2) is 5.76 Å². The Bertz CT molecular complexity index is 877. The number of hydrogen-bond acceptors (Lipinski definition) is 5. The summed E-state index contributed by atoms with van der Waals surface area (Å²) >= 11 is 0. The number of carboxylic acid groups (broad SMARTS) is 1. The number of carboxylic acids is 1. The van der Waals surface area contributed by atoms with Gasteiger partial charge in [-0.25, -0.2) is 4.79 Å². The maximum Gasteiger partial charge on any atom is 0.490 e. The van der Waals surface area contributed by atoms with Gasteiger partial charge in [0.25, 0.3) is 5.91 Å². The number of carbonyl (C=O) groups is 3. The average Bonchev–Trinajstić information content (AvgIpc) is 3.44. The fourth-order valence-electron chi connectivity index (χ4n) is 5.02. The Morgan fingerprint density at radius 2 is 1.88 bits per heavy atom. The molecule has 33 heavy (non-hydrogen) atoms. The number of aliphatic carboxylic acids is 1. The highest BCUT2D eigenvalue weighted by Crippen LogP contribution is 2.44. The normalized spacial score (nSPS) is 24.3. The molecule has 0 radical (unpaired) electrons. The van der Waals surface area contributed by atoms with Crippen LogP contribution in [0.2, 0.25) is 0 Å². The fraction of sp³-hybridized carbons (Fsp3) is 0.682. The molecule has 4 heterocycles. The highest BCUT2D eigenvalue weighted by molar-refractivity contribution is 5.91. The molecule has 0 bridgehead atoms. The van der Waals surface area contributed by atoms with Gasteiger partial charge < -0.3 is 24.6 Å². The highest BCUT2D eigenvalue weighted by atomic mass is 19.4. The van der Waals surface area contributed by atoms with Crippen LogP contribution in [0.5, 0.6) is 0 Å². The lowest BCUT2D eigenvalue weighted by Crippen LogP contribution is -2.56. The molecule has 3 aliphatic rings. The molecule has 1 aromatic heterocycles. The van der Waals surface area contributed by atoms with E-state index < -0.39 is 12.1 Å². The number of nitrogens with zero attached hydrogens (tertiary/aromatic N) is 2. The van der Waals surface area contributed by atoms with Gasteiger partial charge in [-0.3, -0.25) is 9.59 Å². The Morgan fingerprint density at radius 1 is 1.24 bits per heavy atom. The van der Waals surface area contributed by atoms with Crippen LogP contribution in [0.3, 0.4) is 0 Å². The van der Waals surface area contributed by atoms with Gasteiger partial charge in [0.1, 0.15) is 5.76 Å². The van der Waals surface area contributed by atoms with Gasteiger partial charge in [-0.05, 0) is 44.9 Å². The van der Waals surface area contributed by atoms with E-state index in [1.165, 1.54) is 12.8 Å². The number of nitrogens with one attached hydrogen (secondary N) is 1. The van der Waals surface area contributed by atoms with Gasteiger partial charge in [-0.1, -0.05) is 13.3 Å². The van der Waals surface area contributed by atoms with Crippen LogP contribution in [-0.2, 0) is 9.59 Å². The molecule has 3 saturated heterocycles. The maximum atomic E-state index is 12.6. The molecule has 2 amide bonds. The minimum Gasteiger partial charge on any atom is -0.475 e. The molecule has 8 nitrogen and oxygen atoms in total. The van der Waals surface area contributed by atoms with E-state index >= 15 is 0 Å². The number of amides is 2. The number of rotatable bonds is 4. The SMILES string of the molecule is CCCCN1C[C@H]2C(=O)NC3(CCN(C(=O)c4ccc(C)o4)CC3)[C@H]2C1.O=C(O)C(F)(F)F. The summed E-state index contributed by atoms with van der Waals surface area (Å²) < 4.78 is 37.2.